The number of halogens is 3. The molecule has 0 atom stereocenters. The average molecular weight is 289 g/mol. The van der Waals surface area contributed by atoms with Crippen molar-refractivity contribution in [2.24, 2.45) is 0 Å². The fraction of sp³-hybridized carbons (Fsp3) is 0.583. The number of H-pyrrole nitrogens is 1. The van der Waals surface area contributed by atoms with Crippen molar-refractivity contribution in [3.05, 3.63) is 28.2 Å². The monoisotopic (exact) mass is 289 g/mol. The highest BCUT2D eigenvalue weighted by molar-refractivity contribution is 6.62. The summed E-state index contributed by atoms with van der Waals surface area (Å²) in [5.74, 6) is 0. The molecule has 0 bridgehead atoms. The molecule has 1 aliphatic heterocycles. The number of nitrogens with one attached hydrogen (secondary N) is 1. The Hall–Kier alpha value is -1.28. The van der Waals surface area contributed by atoms with E-state index >= 15 is 0 Å². The van der Waals surface area contributed by atoms with Crippen LogP contribution in [0.4, 0.5) is 13.2 Å². The lowest BCUT2D eigenvalue weighted by atomic mass is 9.77. The number of rotatable bonds is 1. The van der Waals surface area contributed by atoms with Crippen LogP contribution in [0, 0.1) is 0 Å². The summed E-state index contributed by atoms with van der Waals surface area (Å²) >= 11 is 0. The molecule has 1 aromatic rings. The van der Waals surface area contributed by atoms with Gasteiger partial charge in [0.1, 0.15) is 5.69 Å². The van der Waals surface area contributed by atoms with Crippen molar-refractivity contribution in [3.63, 3.8) is 0 Å². The molecule has 8 heteroatoms. The summed E-state index contributed by atoms with van der Waals surface area (Å²) in [5, 5.41) is 0. The van der Waals surface area contributed by atoms with Gasteiger partial charge in [0.15, 0.2) is 0 Å². The van der Waals surface area contributed by atoms with E-state index in [1.165, 1.54) is 0 Å². The second-order valence-corrected chi connectivity index (χ2v) is 5.74. The summed E-state index contributed by atoms with van der Waals surface area (Å²) in [5.41, 5.74) is -3.69. The molecule has 0 amide bonds. The van der Waals surface area contributed by atoms with Gasteiger partial charge in [0.05, 0.1) is 11.2 Å². The van der Waals surface area contributed by atoms with Crippen LogP contribution < -0.4 is 11.0 Å². The Kier molecular flexibility index (Phi) is 3.30. The van der Waals surface area contributed by atoms with Gasteiger partial charge in [0, 0.05) is 11.5 Å². The molecule has 20 heavy (non-hydrogen) atoms. The van der Waals surface area contributed by atoms with Gasteiger partial charge in [-0.3, -0.25) is 4.79 Å². The van der Waals surface area contributed by atoms with Crippen LogP contribution in [-0.4, -0.2) is 23.3 Å². The van der Waals surface area contributed by atoms with E-state index in [1.54, 1.807) is 32.7 Å². The molecule has 0 aliphatic carbocycles. The van der Waals surface area contributed by atoms with E-state index in [1.807, 2.05) is 0 Å². The van der Waals surface area contributed by atoms with Crippen LogP contribution in [0.2, 0.25) is 0 Å². The van der Waals surface area contributed by atoms with Crippen LogP contribution in [0.1, 0.15) is 33.4 Å². The third kappa shape index (κ3) is 2.49. The first-order valence-corrected chi connectivity index (χ1v) is 6.10. The Morgan fingerprint density at radius 3 is 2.05 bits per heavy atom. The van der Waals surface area contributed by atoms with Crippen molar-refractivity contribution in [2.75, 3.05) is 0 Å². The minimum absolute atomic E-state index is 0.226. The largest absolute Gasteiger partial charge is 0.496 e. The fourth-order valence-electron chi connectivity index (χ4n) is 1.89. The van der Waals surface area contributed by atoms with Gasteiger partial charge in [-0.1, -0.05) is 6.07 Å². The van der Waals surface area contributed by atoms with Crippen LogP contribution in [0.15, 0.2) is 16.9 Å². The number of pyridine rings is 1. The van der Waals surface area contributed by atoms with Gasteiger partial charge in [0.2, 0.25) is 5.56 Å². The maximum Gasteiger partial charge on any atom is 0.496 e. The molecule has 1 fully saturated rings. The zero-order chi connectivity index (χ0) is 15.3. The smallest absolute Gasteiger partial charge is 0.399 e. The number of aromatic nitrogens is 1. The molecule has 1 aromatic heterocycles. The second-order valence-electron chi connectivity index (χ2n) is 5.74. The molecule has 110 valence electrons. The first-order valence-electron chi connectivity index (χ1n) is 6.10. The Labute approximate surface area is 114 Å². The van der Waals surface area contributed by atoms with Gasteiger partial charge in [0.25, 0.3) is 0 Å². The van der Waals surface area contributed by atoms with Crippen molar-refractivity contribution in [2.45, 2.75) is 45.1 Å². The van der Waals surface area contributed by atoms with Crippen molar-refractivity contribution in [1.29, 1.82) is 0 Å². The van der Waals surface area contributed by atoms with E-state index in [9.17, 15) is 18.0 Å². The summed E-state index contributed by atoms with van der Waals surface area (Å²) in [7, 11) is -1.17. The maximum absolute atomic E-state index is 13.0. The Morgan fingerprint density at radius 2 is 1.60 bits per heavy atom. The van der Waals surface area contributed by atoms with Crippen LogP contribution >= 0.6 is 0 Å². The molecular weight excluding hydrogens is 274 g/mol. The third-order valence-electron chi connectivity index (χ3n) is 3.74. The molecule has 1 saturated heterocycles. The second kappa shape index (κ2) is 4.36. The first-order chi connectivity index (χ1) is 8.94. The van der Waals surface area contributed by atoms with Gasteiger partial charge in [-0.05, 0) is 27.7 Å². The van der Waals surface area contributed by atoms with Crippen molar-refractivity contribution >= 4 is 12.6 Å². The fourth-order valence-corrected chi connectivity index (χ4v) is 1.89. The summed E-state index contributed by atoms with van der Waals surface area (Å²) in [6, 6.07) is 2.11. The lowest BCUT2D eigenvalue weighted by Gasteiger charge is -2.32. The lowest BCUT2D eigenvalue weighted by molar-refractivity contribution is -0.140. The molecule has 0 saturated carbocycles. The highest BCUT2D eigenvalue weighted by Gasteiger charge is 2.53. The summed E-state index contributed by atoms with van der Waals surface area (Å²) in [6.07, 6.45) is -4.68. The highest BCUT2D eigenvalue weighted by atomic mass is 19.4. The molecule has 1 aliphatic rings. The number of hydrogen-bond donors (Lipinski definition) is 1. The Balaban J connectivity index is 2.48. The Morgan fingerprint density at radius 1 is 1.10 bits per heavy atom. The van der Waals surface area contributed by atoms with E-state index < -0.39 is 35.7 Å². The highest BCUT2D eigenvalue weighted by Crippen LogP contribution is 2.37. The van der Waals surface area contributed by atoms with Crippen LogP contribution in [0.3, 0.4) is 0 Å². The summed E-state index contributed by atoms with van der Waals surface area (Å²) < 4.78 is 50.1. The predicted octanol–water partition coefficient (Wildman–Crippen LogP) is 1.69. The quantitative estimate of drug-likeness (QED) is 0.800. The van der Waals surface area contributed by atoms with E-state index in [0.717, 1.165) is 12.1 Å². The predicted molar refractivity (Wildman–Crippen MR) is 67.8 cm³/mol. The van der Waals surface area contributed by atoms with E-state index in [-0.39, 0.29) is 5.46 Å². The molecule has 0 radical (unpaired) electrons. The minimum Gasteiger partial charge on any atom is -0.399 e. The molecule has 2 rings (SSSR count). The van der Waals surface area contributed by atoms with Gasteiger partial charge in [-0.15, -0.1) is 0 Å². The van der Waals surface area contributed by atoms with Gasteiger partial charge >= 0.3 is 13.3 Å². The zero-order valence-electron chi connectivity index (χ0n) is 11.6. The van der Waals surface area contributed by atoms with Crippen LogP contribution in [0.25, 0.3) is 0 Å². The van der Waals surface area contributed by atoms with Crippen LogP contribution in [0.5, 0.6) is 0 Å². The van der Waals surface area contributed by atoms with E-state index in [4.69, 9.17) is 9.31 Å². The Bertz CT molecular complexity index is 564. The molecule has 0 spiro atoms. The summed E-state index contributed by atoms with van der Waals surface area (Å²) in [4.78, 5) is 12.9. The van der Waals surface area contributed by atoms with Crippen molar-refractivity contribution in [1.82, 2.24) is 4.98 Å². The SMILES string of the molecule is CC1(C)OB(c2ccc(=O)[nH]c2C(F)(F)F)OC1(C)C. The summed E-state index contributed by atoms with van der Waals surface area (Å²) in [6.45, 7) is 6.97. The zero-order valence-corrected chi connectivity index (χ0v) is 11.6. The molecule has 2 heterocycles. The lowest BCUT2D eigenvalue weighted by Crippen LogP contribution is -2.41. The molecule has 0 unspecified atom stereocenters. The molecule has 1 N–H and O–H groups in total. The molecule has 4 nitrogen and oxygen atoms in total. The third-order valence-corrected chi connectivity index (χ3v) is 3.74. The van der Waals surface area contributed by atoms with Gasteiger partial charge < -0.3 is 14.3 Å². The average Bonchev–Trinajstić information content (AvgIpc) is 2.46. The number of alkyl halides is 3. The first kappa shape index (κ1) is 15.1. The van der Waals surface area contributed by atoms with Gasteiger partial charge in [-0.25, -0.2) is 0 Å². The topological polar surface area (TPSA) is 51.3 Å². The maximum atomic E-state index is 13.0. The molecule has 0 aromatic carbocycles. The normalized spacial score (nSPS) is 21.2. The van der Waals surface area contributed by atoms with E-state index in [0.29, 0.717) is 0 Å². The number of aromatic amines is 1. The van der Waals surface area contributed by atoms with Gasteiger partial charge in [-0.2, -0.15) is 13.2 Å². The van der Waals surface area contributed by atoms with E-state index in [2.05, 4.69) is 0 Å². The minimum atomic E-state index is -4.68. The van der Waals surface area contributed by atoms with Crippen molar-refractivity contribution in [3.8, 4) is 0 Å². The van der Waals surface area contributed by atoms with Crippen LogP contribution in [-0.2, 0) is 15.5 Å². The molecular formula is C12H15BF3NO3. The standard InChI is InChI=1S/C12H15BF3NO3/c1-10(2)11(3,4)20-13(19-10)7-5-6-8(18)17-9(7)12(14,15)16/h5-6H,1-4H3,(H,17,18). The van der Waals surface area contributed by atoms with Crippen molar-refractivity contribution < 1.29 is 22.5 Å². The number of hydrogen-bond acceptors (Lipinski definition) is 3.